The van der Waals surface area contributed by atoms with Gasteiger partial charge in [0.15, 0.2) is 5.65 Å². The summed E-state index contributed by atoms with van der Waals surface area (Å²) in [4.78, 5) is 7.13. The van der Waals surface area contributed by atoms with Crippen LogP contribution in [0, 0.1) is 12.8 Å². The van der Waals surface area contributed by atoms with E-state index in [4.69, 9.17) is 5.73 Å². The van der Waals surface area contributed by atoms with E-state index in [9.17, 15) is 0 Å². The molecular formula is C14H22N6. The first-order chi connectivity index (χ1) is 9.69. The number of aryl methyl sites for hydroxylation is 2. The number of piperidine rings is 3. The van der Waals surface area contributed by atoms with Gasteiger partial charge in [0.25, 0.3) is 0 Å². The fraction of sp³-hybridized carbons (Fsp3) is 0.714. The summed E-state index contributed by atoms with van der Waals surface area (Å²) in [5.41, 5.74) is 9.31. The minimum atomic E-state index is 0.462. The van der Waals surface area contributed by atoms with Crippen LogP contribution in [0.25, 0.3) is 11.2 Å². The number of nitrogens with two attached hydrogens (primary N) is 1. The third-order valence-corrected chi connectivity index (χ3v) is 5.02. The van der Waals surface area contributed by atoms with Crippen molar-refractivity contribution in [2.45, 2.75) is 39.3 Å². The Labute approximate surface area is 118 Å². The Morgan fingerprint density at radius 2 is 2.05 bits per heavy atom. The lowest BCUT2D eigenvalue weighted by atomic mass is 9.84. The van der Waals surface area contributed by atoms with Gasteiger partial charge in [-0.05, 0) is 45.7 Å². The molecule has 3 saturated heterocycles. The Balaban J connectivity index is 1.88. The van der Waals surface area contributed by atoms with Crippen LogP contribution in [0.3, 0.4) is 0 Å². The fourth-order valence-corrected chi connectivity index (χ4v) is 3.98. The van der Waals surface area contributed by atoms with Crippen LogP contribution in [-0.2, 0) is 6.54 Å². The summed E-state index contributed by atoms with van der Waals surface area (Å²) in [6.07, 6.45) is 2.56. The van der Waals surface area contributed by atoms with Crippen LogP contribution in [0.15, 0.2) is 0 Å². The van der Waals surface area contributed by atoms with Crippen molar-refractivity contribution in [2.24, 2.45) is 5.92 Å². The second kappa shape index (κ2) is 4.22. The molecule has 0 amide bonds. The first-order valence-corrected chi connectivity index (χ1v) is 7.62. The van der Waals surface area contributed by atoms with Crippen LogP contribution in [0.2, 0.25) is 0 Å². The Morgan fingerprint density at radius 1 is 1.30 bits per heavy atom. The van der Waals surface area contributed by atoms with Gasteiger partial charge in [0.1, 0.15) is 5.52 Å². The third-order valence-electron chi connectivity index (χ3n) is 5.02. The van der Waals surface area contributed by atoms with Crippen LogP contribution >= 0.6 is 0 Å². The van der Waals surface area contributed by atoms with Crippen LogP contribution in [0.1, 0.15) is 31.5 Å². The van der Waals surface area contributed by atoms with Gasteiger partial charge in [-0.15, -0.1) is 0 Å². The zero-order valence-electron chi connectivity index (χ0n) is 12.2. The molecule has 3 aliphatic heterocycles. The van der Waals surface area contributed by atoms with Crippen LogP contribution in [0.5, 0.6) is 0 Å². The zero-order chi connectivity index (χ0) is 13.9. The molecule has 2 aromatic heterocycles. The van der Waals surface area contributed by atoms with Crippen LogP contribution in [-0.4, -0.2) is 43.9 Å². The normalized spacial score (nSPS) is 29.4. The minimum absolute atomic E-state index is 0.462. The number of hydrogen-bond acceptors (Lipinski definition) is 4. The van der Waals surface area contributed by atoms with E-state index in [0.717, 1.165) is 35.9 Å². The molecule has 2 aromatic rings. The largest absolute Gasteiger partial charge is 0.369 e. The van der Waals surface area contributed by atoms with Crippen molar-refractivity contribution in [1.29, 1.82) is 0 Å². The number of imidazole rings is 1. The summed E-state index contributed by atoms with van der Waals surface area (Å²) in [7, 11) is 0. The Kier molecular flexibility index (Phi) is 2.57. The lowest BCUT2D eigenvalue weighted by molar-refractivity contribution is 0.0592. The predicted octanol–water partition coefficient (Wildman–Crippen LogP) is 1.41. The highest BCUT2D eigenvalue weighted by atomic mass is 15.4. The monoisotopic (exact) mass is 274 g/mol. The first kappa shape index (κ1) is 12.2. The molecule has 1 unspecified atom stereocenters. The van der Waals surface area contributed by atoms with E-state index < -0.39 is 0 Å². The number of rotatable bonds is 2. The quantitative estimate of drug-likeness (QED) is 0.899. The Bertz CT molecular complexity index is 646. The summed E-state index contributed by atoms with van der Waals surface area (Å²) in [5, 5.41) is 4.59. The van der Waals surface area contributed by atoms with Crippen molar-refractivity contribution < 1.29 is 0 Å². The van der Waals surface area contributed by atoms with Gasteiger partial charge in [-0.1, -0.05) is 0 Å². The van der Waals surface area contributed by atoms with Gasteiger partial charge >= 0.3 is 0 Å². The molecule has 108 valence electrons. The average Bonchev–Trinajstić information content (AvgIpc) is 2.97. The molecule has 5 rings (SSSR count). The fourth-order valence-electron chi connectivity index (χ4n) is 3.98. The van der Waals surface area contributed by atoms with Gasteiger partial charge in [0, 0.05) is 13.1 Å². The molecular weight excluding hydrogens is 252 g/mol. The number of anilines is 1. The molecule has 0 aliphatic carbocycles. The number of nitrogen functional groups attached to an aromatic ring is 1. The van der Waals surface area contributed by atoms with E-state index in [1.807, 2.05) is 11.6 Å². The minimum Gasteiger partial charge on any atom is -0.369 e. The van der Waals surface area contributed by atoms with Crippen molar-refractivity contribution >= 4 is 17.1 Å². The Hall–Kier alpha value is -1.56. The Morgan fingerprint density at radius 3 is 2.65 bits per heavy atom. The lowest BCUT2D eigenvalue weighted by Gasteiger charge is -2.45. The van der Waals surface area contributed by atoms with Crippen LogP contribution in [0.4, 0.5) is 5.95 Å². The molecule has 0 saturated carbocycles. The maximum absolute atomic E-state index is 6.25. The number of fused-ring (bicyclic) bond motifs is 4. The van der Waals surface area contributed by atoms with Crippen molar-refractivity contribution in [1.82, 2.24) is 24.2 Å². The van der Waals surface area contributed by atoms with E-state index in [1.165, 1.54) is 25.9 Å². The standard InChI is InChI=1S/C14H22N6/c1-3-19-13-12(9(2)17-19)16-14(15)20(13)11-8-18-6-4-10(11)5-7-18/h10-11H,3-8H2,1-2H3,(H2,15,16). The number of hydrogen-bond donors (Lipinski definition) is 1. The van der Waals surface area contributed by atoms with Crippen molar-refractivity contribution in [2.75, 3.05) is 25.4 Å². The van der Waals surface area contributed by atoms with E-state index in [0.29, 0.717) is 12.0 Å². The summed E-state index contributed by atoms with van der Waals surface area (Å²) in [5.74, 6) is 1.39. The van der Waals surface area contributed by atoms with Gasteiger partial charge < -0.3 is 10.6 Å². The highest BCUT2D eigenvalue weighted by molar-refractivity contribution is 5.77. The van der Waals surface area contributed by atoms with Crippen molar-refractivity contribution in [3.63, 3.8) is 0 Å². The van der Waals surface area contributed by atoms with Crippen molar-refractivity contribution in [3.8, 4) is 0 Å². The number of aromatic nitrogens is 4. The van der Waals surface area contributed by atoms with E-state index >= 15 is 0 Å². The maximum Gasteiger partial charge on any atom is 0.202 e. The molecule has 1 atom stereocenters. The van der Waals surface area contributed by atoms with Crippen molar-refractivity contribution in [3.05, 3.63) is 5.69 Å². The van der Waals surface area contributed by atoms with Gasteiger partial charge in [0.05, 0.1) is 11.7 Å². The van der Waals surface area contributed by atoms with Gasteiger partial charge in [-0.3, -0.25) is 4.57 Å². The molecule has 0 aromatic carbocycles. The highest BCUT2D eigenvalue weighted by Gasteiger charge is 2.37. The molecule has 6 heteroatoms. The zero-order valence-corrected chi connectivity index (χ0v) is 12.2. The molecule has 3 fully saturated rings. The second-order valence-corrected chi connectivity index (χ2v) is 6.12. The van der Waals surface area contributed by atoms with E-state index in [-0.39, 0.29) is 0 Å². The smallest absolute Gasteiger partial charge is 0.202 e. The van der Waals surface area contributed by atoms with Gasteiger partial charge in [-0.25, -0.2) is 9.67 Å². The van der Waals surface area contributed by atoms with E-state index in [1.54, 1.807) is 0 Å². The first-order valence-electron chi connectivity index (χ1n) is 7.62. The average molecular weight is 274 g/mol. The number of nitrogens with zero attached hydrogens (tertiary/aromatic N) is 5. The highest BCUT2D eigenvalue weighted by Crippen LogP contribution is 2.39. The molecule has 3 aliphatic rings. The second-order valence-electron chi connectivity index (χ2n) is 6.12. The summed E-state index contributed by atoms with van der Waals surface area (Å²) in [6, 6.07) is 0.462. The maximum atomic E-state index is 6.25. The molecule has 2 N–H and O–H groups in total. The molecule has 2 bridgehead atoms. The molecule has 0 spiro atoms. The third kappa shape index (κ3) is 1.54. The summed E-state index contributed by atoms with van der Waals surface area (Å²) < 4.78 is 4.31. The summed E-state index contributed by atoms with van der Waals surface area (Å²) >= 11 is 0. The van der Waals surface area contributed by atoms with Gasteiger partial charge in [0.2, 0.25) is 5.95 Å². The molecule has 6 nitrogen and oxygen atoms in total. The lowest BCUT2D eigenvalue weighted by Crippen LogP contribution is -2.48. The van der Waals surface area contributed by atoms with Gasteiger partial charge in [-0.2, -0.15) is 5.10 Å². The SMILES string of the molecule is CCn1nc(C)c2nc(N)n(C3CN4CCC3CC4)c21. The topological polar surface area (TPSA) is 64.9 Å². The summed E-state index contributed by atoms with van der Waals surface area (Å²) in [6.45, 7) is 8.58. The molecule has 20 heavy (non-hydrogen) atoms. The van der Waals surface area contributed by atoms with Crippen LogP contribution < -0.4 is 5.73 Å². The molecule has 0 radical (unpaired) electrons. The van der Waals surface area contributed by atoms with E-state index in [2.05, 4.69) is 26.5 Å². The molecule has 5 heterocycles. The predicted molar refractivity (Wildman–Crippen MR) is 78.5 cm³/mol.